The van der Waals surface area contributed by atoms with Crippen LogP contribution in [0.25, 0.3) is 0 Å². The van der Waals surface area contributed by atoms with E-state index in [0.29, 0.717) is 24.5 Å². The number of nitrogens with zero attached hydrogens (tertiary/aromatic N) is 2. The van der Waals surface area contributed by atoms with Gasteiger partial charge in [0.05, 0.1) is 29.8 Å². The Kier molecular flexibility index (Phi) is 8.46. The summed E-state index contributed by atoms with van der Waals surface area (Å²) >= 11 is 0. The van der Waals surface area contributed by atoms with Crippen molar-refractivity contribution in [1.29, 1.82) is 0 Å². The number of hydrogen-bond donors (Lipinski definition) is 2. The summed E-state index contributed by atoms with van der Waals surface area (Å²) < 4.78 is 32.8. The summed E-state index contributed by atoms with van der Waals surface area (Å²) in [7, 11) is -2.41. The summed E-state index contributed by atoms with van der Waals surface area (Å²) in [5.41, 5.74) is 1.16. The molecule has 1 atom stereocenters. The van der Waals surface area contributed by atoms with Crippen LogP contribution in [-0.2, 0) is 30.9 Å². The summed E-state index contributed by atoms with van der Waals surface area (Å²) in [6, 6.07) is 10.1. The lowest BCUT2D eigenvalue weighted by Gasteiger charge is -2.25. The van der Waals surface area contributed by atoms with Gasteiger partial charge in [-0.25, -0.2) is 8.42 Å². The Morgan fingerprint density at radius 2 is 1.87 bits per heavy atom. The monoisotopic (exact) mass is 434 g/mol. The maximum Gasteiger partial charge on any atom is 0.241 e. The van der Waals surface area contributed by atoms with Crippen LogP contribution in [0.2, 0.25) is 0 Å². The van der Waals surface area contributed by atoms with Gasteiger partial charge in [-0.2, -0.15) is 4.72 Å². The van der Waals surface area contributed by atoms with E-state index < -0.39 is 22.0 Å². The SMILES string of the molecule is COCCN(Cc1ccccn1)C(=O)[C@H](C)NS(=O)(=O)c1ccc(NC(C)=O)cc1. The van der Waals surface area contributed by atoms with Gasteiger partial charge in [0.2, 0.25) is 21.8 Å². The molecular formula is C20H26N4O5S. The summed E-state index contributed by atoms with van der Waals surface area (Å²) in [4.78, 5) is 29.7. The van der Waals surface area contributed by atoms with E-state index in [2.05, 4.69) is 15.0 Å². The van der Waals surface area contributed by atoms with E-state index in [1.165, 1.54) is 50.1 Å². The molecule has 2 rings (SSSR count). The second kappa shape index (κ2) is 10.8. The van der Waals surface area contributed by atoms with Crippen LogP contribution in [0, 0.1) is 0 Å². The molecule has 1 heterocycles. The zero-order valence-electron chi connectivity index (χ0n) is 17.2. The Morgan fingerprint density at radius 3 is 2.43 bits per heavy atom. The van der Waals surface area contributed by atoms with E-state index in [4.69, 9.17) is 4.74 Å². The Bertz CT molecular complexity index is 949. The number of ether oxygens (including phenoxy) is 1. The summed E-state index contributed by atoms with van der Waals surface area (Å²) in [5, 5.41) is 2.57. The van der Waals surface area contributed by atoms with Gasteiger partial charge >= 0.3 is 0 Å². The molecule has 2 amide bonds. The first-order valence-electron chi connectivity index (χ1n) is 9.30. The van der Waals surface area contributed by atoms with Crippen LogP contribution in [0.5, 0.6) is 0 Å². The number of nitrogens with one attached hydrogen (secondary N) is 2. The van der Waals surface area contributed by atoms with E-state index in [-0.39, 0.29) is 17.3 Å². The topological polar surface area (TPSA) is 118 Å². The normalized spacial score (nSPS) is 12.2. The van der Waals surface area contributed by atoms with Crippen molar-refractivity contribution in [2.24, 2.45) is 0 Å². The lowest BCUT2D eigenvalue weighted by molar-refractivity contribution is -0.134. The number of amides is 2. The number of aromatic nitrogens is 1. The van der Waals surface area contributed by atoms with Gasteiger partial charge in [-0.1, -0.05) is 6.07 Å². The molecule has 10 heteroatoms. The summed E-state index contributed by atoms with van der Waals surface area (Å²) in [6.45, 7) is 3.69. The van der Waals surface area contributed by atoms with E-state index in [0.717, 1.165) is 0 Å². The standard InChI is InChI=1S/C20H26N4O5S/c1-15(20(26)24(12-13-29-3)14-18-6-4-5-11-21-18)23-30(27,28)19-9-7-17(8-10-19)22-16(2)25/h4-11,15,23H,12-14H2,1-3H3,(H,22,25)/t15-/m0/s1. The Hall–Kier alpha value is -2.82. The number of pyridine rings is 1. The van der Waals surface area contributed by atoms with Crippen molar-refractivity contribution in [3.63, 3.8) is 0 Å². The van der Waals surface area contributed by atoms with Crippen molar-refractivity contribution in [3.8, 4) is 0 Å². The van der Waals surface area contributed by atoms with E-state index >= 15 is 0 Å². The van der Waals surface area contributed by atoms with Crippen molar-refractivity contribution in [2.45, 2.75) is 31.3 Å². The highest BCUT2D eigenvalue weighted by Gasteiger charge is 2.26. The van der Waals surface area contributed by atoms with Gasteiger partial charge in [0.25, 0.3) is 0 Å². The first-order valence-corrected chi connectivity index (χ1v) is 10.8. The summed E-state index contributed by atoms with van der Waals surface area (Å²) in [5.74, 6) is -0.650. The lowest BCUT2D eigenvalue weighted by Crippen LogP contribution is -2.47. The largest absolute Gasteiger partial charge is 0.383 e. The van der Waals surface area contributed by atoms with Crippen LogP contribution < -0.4 is 10.0 Å². The van der Waals surface area contributed by atoms with Crippen LogP contribution in [-0.4, -0.2) is 56.4 Å². The zero-order chi connectivity index (χ0) is 22.1. The van der Waals surface area contributed by atoms with Crippen LogP contribution >= 0.6 is 0 Å². The molecule has 30 heavy (non-hydrogen) atoms. The molecular weight excluding hydrogens is 408 g/mol. The number of methoxy groups -OCH3 is 1. The van der Waals surface area contributed by atoms with E-state index in [1.807, 2.05) is 6.07 Å². The molecule has 9 nitrogen and oxygen atoms in total. The molecule has 2 aromatic rings. The predicted octanol–water partition coefficient (Wildman–Crippen LogP) is 1.38. The number of hydrogen-bond acceptors (Lipinski definition) is 6. The van der Waals surface area contributed by atoms with Gasteiger partial charge in [0.15, 0.2) is 0 Å². The number of benzene rings is 1. The molecule has 0 fully saturated rings. The third kappa shape index (κ3) is 6.90. The fourth-order valence-corrected chi connectivity index (χ4v) is 3.90. The van der Waals surface area contributed by atoms with Gasteiger partial charge < -0.3 is 15.0 Å². The first-order chi connectivity index (χ1) is 14.2. The Balaban J connectivity index is 2.10. The number of carbonyl (C=O) groups excluding carboxylic acids is 2. The molecule has 1 aromatic carbocycles. The minimum Gasteiger partial charge on any atom is -0.383 e. The quantitative estimate of drug-likeness (QED) is 0.583. The third-order valence-corrected chi connectivity index (χ3v) is 5.70. The Morgan fingerprint density at radius 1 is 1.17 bits per heavy atom. The molecule has 0 spiro atoms. The smallest absolute Gasteiger partial charge is 0.241 e. The van der Waals surface area contributed by atoms with Crippen molar-refractivity contribution in [2.75, 3.05) is 25.6 Å². The number of sulfonamides is 1. The molecule has 0 bridgehead atoms. The van der Waals surface area contributed by atoms with Crippen LogP contribution in [0.1, 0.15) is 19.5 Å². The molecule has 0 aliphatic rings. The van der Waals surface area contributed by atoms with Crippen LogP contribution in [0.15, 0.2) is 53.6 Å². The molecule has 2 N–H and O–H groups in total. The van der Waals surface area contributed by atoms with Crippen molar-refractivity contribution in [1.82, 2.24) is 14.6 Å². The average molecular weight is 435 g/mol. The number of rotatable bonds is 10. The molecule has 0 saturated carbocycles. The second-order valence-corrected chi connectivity index (χ2v) is 8.34. The van der Waals surface area contributed by atoms with Crippen LogP contribution in [0.3, 0.4) is 0 Å². The predicted molar refractivity (Wildman–Crippen MR) is 112 cm³/mol. The summed E-state index contributed by atoms with van der Waals surface area (Å²) in [6.07, 6.45) is 1.63. The number of carbonyl (C=O) groups is 2. The fraction of sp³-hybridized carbons (Fsp3) is 0.350. The van der Waals surface area contributed by atoms with Crippen LogP contribution in [0.4, 0.5) is 5.69 Å². The zero-order valence-corrected chi connectivity index (χ0v) is 18.0. The van der Waals surface area contributed by atoms with Gasteiger partial charge in [-0.05, 0) is 43.3 Å². The van der Waals surface area contributed by atoms with E-state index in [1.54, 1.807) is 18.3 Å². The van der Waals surface area contributed by atoms with Crippen molar-refractivity contribution in [3.05, 3.63) is 54.4 Å². The molecule has 0 aliphatic heterocycles. The average Bonchev–Trinajstić information content (AvgIpc) is 2.71. The van der Waals surface area contributed by atoms with Crippen molar-refractivity contribution < 1.29 is 22.7 Å². The molecule has 0 unspecified atom stereocenters. The van der Waals surface area contributed by atoms with Gasteiger partial charge in [0, 0.05) is 32.5 Å². The van der Waals surface area contributed by atoms with Crippen molar-refractivity contribution >= 4 is 27.5 Å². The fourth-order valence-electron chi connectivity index (χ4n) is 2.70. The maximum absolute atomic E-state index is 12.9. The lowest BCUT2D eigenvalue weighted by atomic mass is 10.2. The van der Waals surface area contributed by atoms with E-state index in [9.17, 15) is 18.0 Å². The first kappa shape index (κ1) is 23.5. The maximum atomic E-state index is 12.9. The van der Waals surface area contributed by atoms with Gasteiger partial charge in [0.1, 0.15) is 0 Å². The minimum absolute atomic E-state index is 0.00980. The molecule has 162 valence electrons. The van der Waals surface area contributed by atoms with Gasteiger partial charge in [-0.15, -0.1) is 0 Å². The highest BCUT2D eigenvalue weighted by molar-refractivity contribution is 7.89. The van der Waals surface area contributed by atoms with Gasteiger partial charge in [-0.3, -0.25) is 14.6 Å². The minimum atomic E-state index is -3.93. The third-order valence-electron chi connectivity index (χ3n) is 4.14. The highest BCUT2D eigenvalue weighted by Crippen LogP contribution is 2.15. The molecule has 1 aromatic heterocycles. The second-order valence-electron chi connectivity index (χ2n) is 6.62. The number of anilines is 1. The molecule has 0 radical (unpaired) electrons. The molecule has 0 saturated heterocycles. The molecule has 0 aliphatic carbocycles. The highest BCUT2D eigenvalue weighted by atomic mass is 32.2. The Labute approximate surface area is 176 Å².